The summed E-state index contributed by atoms with van der Waals surface area (Å²) in [5, 5.41) is 0. The van der Waals surface area contributed by atoms with E-state index in [1.165, 1.54) is 18.4 Å². The van der Waals surface area contributed by atoms with E-state index in [0.717, 1.165) is 39.1 Å². The number of carbonyl (C=O) groups excluding carboxylic acids is 1. The Bertz CT molecular complexity index is 632. The molecule has 3 rings (SSSR count). The van der Waals surface area contributed by atoms with Crippen LogP contribution in [0.2, 0.25) is 0 Å². The molecule has 1 aromatic rings. The average molecular weight is 372 g/mol. The Hall–Kier alpha value is -1.39. The van der Waals surface area contributed by atoms with Crippen molar-refractivity contribution in [1.29, 1.82) is 0 Å². The van der Waals surface area contributed by atoms with E-state index < -0.39 is 0 Å². The number of amides is 1. The molecule has 1 amide bonds. The van der Waals surface area contributed by atoms with Gasteiger partial charge in [0, 0.05) is 26.7 Å². The second kappa shape index (κ2) is 7.92. The van der Waals surface area contributed by atoms with E-state index in [9.17, 15) is 4.79 Å². The highest BCUT2D eigenvalue weighted by atomic mass is 16.2. The summed E-state index contributed by atoms with van der Waals surface area (Å²) in [5.74, 6) is 0.322. The van der Waals surface area contributed by atoms with Gasteiger partial charge in [-0.1, -0.05) is 44.2 Å². The van der Waals surface area contributed by atoms with Crippen LogP contribution in [0, 0.1) is 10.8 Å². The van der Waals surface area contributed by atoms with E-state index in [1.807, 2.05) is 18.0 Å². The van der Waals surface area contributed by atoms with Crippen LogP contribution < -0.4 is 0 Å². The number of carbonyl (C=O) groups is 1. The summed E-state index contributed by atoms with van der Waals surface area (Å²) in [6.07, 6.45) is 3.41. The highest BCUT2D eigenvalue weighted by Gasteiger charge is 2.45. The number of benzene rings is 1. The smallest absolute Gasteiger partial charge is 0.229 e. The van der Waals surface area contributed by atoms with Crippen LogP contribution in [0.3, 0.4) is 0 Å². The summed E-state index contributed by atoms with van der Waals surface area (Å²) >= 11 is 0. The maximum absolute atomic E-state index is 12.8. The fourth-order valence-electron chi connectivity index (χ4n) is 5.44. The van der Waals surface area contributed by atoms with E-state index in [2.05, 4.69) is 62.0 Å². The molecule has 150 valence electrons. The summed E-state index contributed by atoms with van der Waals surface area (Å²) in [4.78, 5) is 19.7. The SMILES string of the molecule is CN(C)CC(C)(C)CN1CCC2(CC1)C[C@H](c1ccccc1)C(=O)N(C)C2. The summed E-state index contributed by atoms with van der Waals surface area (Å²) < 4.78 is 0. The van der Waals surface area contributed by atoms with Gasteiger partial charge in [0.1, 0.15) is 0 Å². The lowest BCUT2D eigenvalue weighted by Crippen LogP contribution is -2.54. The van der Waals surface area contributed by atoms with Crippen LogP contribution in [0.15, 0.2) is 30.3 Å². The minimum atomic E-state index is 0.0293. The zero-order valence-electron chi connectivity index (χ0n) is 17.9. The number of hydrogen-bond donors (Lipinski definition) is 0. The first-order valence-corrected chi connectivity index (χ1v) is 10.4. The van der Waals surface area contributed by atoms with Gasteiger partial charge in [-0.25, -0.2) is 0 Å². The molecule has 0 N–H and O–H groups in total. The summed E-state index contributed by atoms with van der Waals surface area (Å²) in [5.41, 5.74) is 1.77. The third-order valence-corrected chi connectivity index (χ3v) is 6.40. The van der Waals surface area contributed by atoms with Gasteiger partial charge in [-0.05, 0) is 62.8 Å². The molecular weight excluding hydrogens is 334 g/mol. The van der Waals surface area contributed by atoms with Crippen molar-refractivity contribution in [3.8, 4) is 0 Å². The molecule has 1 spiro atoms. The molecule has 0 saturated carbocycles. The lowest BCUT2D eigenvalue weighted by Gasteiger charge is -2.50. The summed E-state index contributed by atoms with van der Waals surface area (Å²) in [6, 6.07) is 10.4. The van der Waals surface area contributed by atoms with Gasteiger partial charge in [-0.3, -0.25) is 4.79 Å². The lowest BCUT2D eigenvalue weighted by molar-refractivity contribution is -0.139. The number of piperidine rings is 2. The maximum atomic E-state index is 12.8. The molecule has 27 heavy (non-hydrogen) atoms. The molecule has 2 heterocycles. The third-order valence-electron chi connectivity index (χ3n) is 6.40. The summed E-state index contributed by atoms with van der Waals surface area (Å²) in [6.45, 7) is 10.2. The molecule has 2 aliphatic rings. The first-order valence-electron chi connectivity index (χ1n) is 10.4. The van der Waals surface area contributed by atoms with Crippen LogP contribution >= 0.6 is 0 Å². The van der Waals surface area contributed by atoms with Gasteiger partial charge < -0.3 is 14.7 Å². The molecule has 1 atom stereocenters. The zero-order chi connectivity index (χ0) is 19.7. The van der Waals surface area contributed by atoms with Crippen LogP contribution in [0.25, 0.3) is 0 Å². The number of nitrogens with zero attached hydrogens (tertiary/aromatic N) is 3. The fourth-order valence-corrected chi connectivity index (χ4v) is 5.44. The second-order valence-electron chi connectivity index (χ2n) is 10.0. The Labute approximate surface area is 165 Å². The van der Waals surface area contributed by atoms with Crippen LogP contribution in [-0.4, -0.2) is 74.5 Å². The van der Waals surface area contributed by atoms with Crippen molar-refractivity contribution in [3.63, 3.8) is 0 Å². The van der Waals surface area contributed by atoms with Gasteiger partial charge >= 0.3 is 0 Å². The van der Waals surface area contributed by atoms with Crippen LogP contribution in [0.4, 0.5) is 0 Å². The van der Waals surface area contributed by atoms with E-state index in [0.29, 0.717) is 11.3 Å². The number of likely N-dealkylation sites (N-methyl/N-ethyl adjacent to an activating group) is 1. The lowest BCUT2D eigenvalue weighted by atomic mass is 9.67. The van der Waals surface area contributed by atoms with E-state index in [4.69, 9.17) is 0 Å². The first-order chi connectivity index (χ1) is 12.7. The Morgan fingerprint density at radius 2 is 1.78 bits per heavy atom. The molecular formula is C23H37N3O. The molecule has 0 radical (unpaired) electrons. The van der Waals surface area contributed by atoms with Crippen molar-refractivity contribution < 1.29 is 4.79 Å². The standard InChI is InChI=1S/C23H37N3O/c1-22(2,16-24(3)4)17-26-13-11-23(12-14-26)15-20(21(27)25(5)18-23)19-9-7-6-8-10-19/h6-10,20H,11-18H2,1-5H3/t20-/m1/s1. The molecule has 1 aromatic carbocycles. The van der Waals surface area contributed by atoms with Crippen LogP contribution in [-0.2, 0) is 4.79 Å². The molecule has 2 saturated heterocycles. The van der Waals surface area contributed by atoms with Crippen molar-refractivity contribution in [2.75, 3.05) is 53.9 Å². The normalized spacial score (nSPS) is 24.0. The number of hydrogen-bond acceptors (Lipinski definition) is 3. The first kappa shape index (κ1) is 20.3. The monoisotopic (exact) mass is 371 g/mol. The number of rotatable bonds is 5. The van der Waals surface area contributed by atoms with Gasteiger partial charge in [-0.15, -0.1) is 0 Å². The van der Waals surface area contributed by atoms with Gasteiger partial charge in [0.25, 0.3) is 0 Å². The maximum Gasteiger partial charge on any atom is 0.229 e. The van der Waals surface area contributed by atoms with Gasteiger partial charge in [-0.2, -0.15) is 0 Å². The van der Waals surface area contributed by atoms with Crippen LogP contribution in [0.5, 0.6) is 0 Å². The van der Waals surface area contributed by atoms with Crippen molar-refractivity contribution in [3.05, 3.63) is 35.9 Å². The quantitative estimate of drug-likeness (QED) is 0.795. The highest BCUT2D eigenvalue weighted by molar-refractivity contribution is 5.84. The summed E-state index contributed by atoms with van der Waals surface area (Å²) in [7, 11) is 6.31. The molecule has 4 nitrogen and oxygen atoms in total. The molecule has 2 aliphatic heterocycles. The molecule has 0 aliphatic carbocycles. The van der Waals surface area contributed by atoms with Crippen molar-refractivity contribution in [2.24, 2.45) is 10.8 Å². The predicted octanol–water partition coefficient (Wildman–Crippen LogP) is 3.30. The van der Waals surface area contributed by atoms with Crippen molar-refractivity contribution in [2.45, 2.75) is 39.0 Å². The van der Waals surface area contributed by atoms with E-state index in [-0.39, 0.29) is 11.3 Å². The highest BCUT2D eigenvalue weighted by Crippen LogP contribution is 2.45. The largest absolute Gasteiger partial charge is 0.345 e. The molecule has 4 heteroatoms. The van der Waals surface area contributed by atoms with Crippen LogP contribution in [0.1, 0.15) is 44.6 Å². The Morgan fingerprint density at radius 1 is 1.15 bits per heavy atom. The van der Waals surface area contributed by atoms with E-state index in [1.54, 1.807) is 0 Å². The van der Waals surface area contributed by atoms with Gasteiger partial charge in [0.15, 0.2) is 0 Å². The van der Waals surface area contributed by atoms with Crippen molar-refractivity contribution >= 4 is 5.91 Å². The number of likely N-dealkylation sites (tertiary alicyclic amines) is 2. The van der Waals surface area contributed by atoms with Gasteiger partial charge in [0.05, 0.1) is 5.92 Å². The molecule has 0 aromatic heterocycles. The minimum absolute atomic E-state index is 0.0293. The Kier molecular flexibility index (Phi) is 5.97. The van der Waals surface area contributed by atoms with Crippen molar-refractivity contribution in [1.82, 2.24) is 14.7 Å². The zero-order valence-corrected chi connectivity index (χ0v) is 17.9. The minimum Gasteiger partial charge on any atom is -0.345 e. The average Bonchev–Trinajstić information content (AvgIpc) is 2.60. The molecule has 0 unspecified atom stereocenters. The molecule has 0 bridgehead atoms. The Balaban J connectivity index is 1.65. The Morgan fingerprint density at radius 3 is 2.37 bits per heavy atom. The predicted molar refractivity (Wildman–Crippen MR) is 112 cm³/mol. The fraction of sp³-hybridized carbons (Fsp3) is 0.696. The third kappa shape index (κ3) is 4.91. The topological polar surface area (TPSA) is 26.8 Å². The second-order valence-corrected chi connectivity index (χ2v) is 10.0. The molecule has 2 fully saturated rings. The van der Waals surface area contributed by atoms with Gasteiger partial charge in [0.2, 0.25) is 5.91 Å². The van der Waals surface area contributed by atoms with E-state index >= 15 is 0 Å².